The smallest absolute Gasteiger partial charge is 0.319 e. The van der Waals surface area contributed by atoms with Crippen molar-refractivity contribution in [3.63, 3.8) is 0 Å². The van der Waals surface area contributed by atoms with E-state index in [-0.39, 0.29) is 30.3 Å². The third-order valence-corrected chi connectivity index (χ3v) is 4.38. The lowest BCUT2D eigenvalue weighted by molar-refractivity contribution is -0.117. The van der Waals surface area contributed by atoms with E-state index >= 15 is 0 Å². The molecule has 0 aromatic heterocycles. The number of anilines is 3. The molecule has 0 aliphatic carbocycles. The maximum Gasteiger partial charge on any atom is 0.319 e. The maximum absolute atomic E-state index is 12.3. The Balaban J connectivity index is 1.53. The van der Waals surface area contributed by atoms with E-state index in [2.05, 4.69) is 16.0 Å². The van der Waals surface area contributed by atoms with E-state index in [0.717, 1.165) is 11.4 Å². The van der Waals surface area contributed by atoms with E-state index in [4.69, 9.17) is 4.74 Å². The number of carbonyl (C=O) groups is 3. The number of rotatable bonds is 6. The summed E-state index contributed by atoms with van der Waals surface area (Å²) in [7, 11) is 0. The van der Waals surface area contributed by atoms with Gasteiger partial charge in [-0.15, -0.1) is 0 Å². The predicted octanol–water partition coefficient (Wildman–Crippen LogP) is 2.97. The second-order valence-corrected chi connectivity index (χ2v) is 6.69. The molecule has 0 saturated carbocycles. The van der Waals surface area contributed by atoms with Crippen LogP contribution in [0.15, 0.2) is 48.5 Å². The Morgan fingerprint density at radius 3 is 2.24 bits per heavy atom. The highest BCUT2D eigenvalue weighted by Gasteiger charge is 2.31. The third-order valence-electron chi connectivity index (χ3n) is 4.38. The number of carbonyl (C=O) groups excluding carboxylic acids is 3. The van der Waals surface area contributed by atoms with Gasteiger partial charge >= 0.3 is 6.03 Å². The Morgan fingerprint density at radius 2 is 1.66 bits per heavy atom. The van der Waals surface area contributed by atoms with Gasteiger partial charge < -0.3 is 25.6 Å². The summed E-state index contributed by atoms with van der Waals surface area (Å²) in [5, 5.41) is 8.22. The molecule has 4 amide bonds. The van der Waals surface area contributed by atoms with Crippen molar-refractivity contribution in [2.75, 3.05) is 28.7 Å². The second kappa shape index (κ2) is 9.09. The van der Waals surface area contributed by atoms with E-state index in [0.29, 0.717) is 24.5 Å². The number of hydrogen-bond acceptors (Lipinski definition) is 4. The normalized spacial score (nSPS) is 15.7. The van der Waals surface area contributed by atoms with E-state index in [9.17, 15) is 14.4 Å². The van der Waals surface area contributed by atoms with E-state index in [1.54, 1.807) is 29.2 Å². The zero-order chi connectivity index (χ0) is 20.8. The van der Waals surface area contributed by atoms with Crippen molar-refractivity contribution in [2.45, 2.75) is 26.3 Å². The van der Waals surface area contributed by atoms with Gasteiger partial charge in [-0.3, -0.25) is 9.59 Å². The van der Waals surface area contributed by atoms with Gasteiger partial charge in [0.25, 0.3) is 0 Å². The Bertz CT molecular complexity index is 881. The number of benzene rings is 2. The standard InChI is InChI=1S/C21H24N4O4/c1-3-29-19-10-8-18(9-11-19)25-13-17(12-20(25)27)24-21(28)23-16-6-4-15(5-7-16)22-14(2)26/h4-11,17H,3,12-13H2,1-2H3,(H,22,26)(H2,23,24,28)/t17-/m1/s1. The van der Waals surface area contributed by atoms with E-state index < -0.39 is 0 Å². The number of nitrogens with zero attached hydrogens (tertiary/aromatic N) is 1. The molecule has 0 unspecified atom stereocenters. The molecule has 152 valence electrons. The van der Waals surface area contributed by atoms with Crippen molar-refractivity contribution in [2.24, 2.45) is 0 Å². The molecule has 8 heteroatoms. The number of urea groups is 1. The van der Waals surface area contributed by atoms with E-state index in [1.165, 1.54) is 6.92 Å². The lowest BCUT2D eigenvalue weighted by Crippen LogP contribution is -2.39. The van der Waals surface area contributed by atoms with Crippen LogP contribution in [-0.2, 0) is 9.59 Å². The molecule has 0 spiro atoms. The van der Waals surface area contributed by atoms with Crippen LogP contribution >= 0.6 is 0 Å². The summed E-state index contributed by atoms with van der Waals surface area (Å²) < 4.78 is 5.42. The van der Waals surface area contributed by atoms with Gasteiger partial charge in [-0.25, -0.2) is 4.79 Å². The van der Waals surface area contributed by atoms with Crippen LogP contribution in [0, 0.1) is 0 Å². The van der Waals surface area contributed by atoms with Crippen LogP contribution in [-0.4, -0.2) is 37.0 Å². The Morgan fingerprint density at radius 1 is 1.03 bits per heavy atom. The zero-order valence-electron chi connectivity index (χ0n) is 16.4. The lowest BCUT2D eigenvalue weighted by Gasteiger charge is -2.18. The molecule has 2 aromatic carbocycles. The molecule has 0 bridgehead atoms. The molecular weight excluding hydrogens is 372 g/mol. The van der Waals surface area contributed by atoms with Gasteiger partial charge in [0.15, 0.2) is 0 Å². The van der Waals surface area contributed by atoms with Gasteiger partial charge in [0.05, 0.1) is 12.6 Å². The van der Waals surface area contributed by atoms with Crippen LogP contribution in [0.25, 0.3) is 0 Å². The number of amides is 4. The Labute approximate surface area is 169 Å². The van der Waals surface area contributed by atoms with E-state index in [1.807, 2.05) is 31.2 Å². The monoisotopic (exact) mass is 396 g/mol. The molecule has 1 atom stereocenters. The number of ether oxygens (including phenoxy) is 1. The first kappa shape index (κ1) is 20.2. The third kappa shape index (κ3) is 5.47. The van der Waals surface area contributed by atoms with Crippen molar-refractivity contribution in [3.8, 4) is 5.75 Å². The molecule has 3 N–H and O–H groups in total. The van der Waals surface area contributed by atoms with Crippen molar-refractivity contribution < 1.29 is 19.1 Å². The fourth-order valence-electron chi connectivity index (χ4n) is 3.14. The van der Waals surface area contributed by atoms with Crippen LogP contribution in [0.4, 0.5) is 21.9 Å². The molecule has 1 heterocycles. The van der Waals surface area contributed by atoms with Gasteiger partial charge in [0, 0.05) is 37.0 Å². The first-order chi connectivity index (χ1) is 13.9. The first-order valence-electron chi connectivity index (χ1n) is 9.43. The van der Waals surface area contributed by atoms with Crippen molar-refractivity contribution in [1.29, 1.82) is 0 Å². The van der Waals surface area contributed by atoms with Gasteiger partial charge in [-0.2, -0.15) is 0 Å². The maximum atomic E-state index is 12.3. The van der Waals surface area contributed by atoms with Crippen molar-refractivity contribution in [1.82, 2.24) is 5.32 Å². The van der Waals surface area contributed by atoms with Crippen LogP contribution in [0.2, 0.25) is 0 Å². The number of hydrogen-bond donors (Lipinski definition) is 3. The summed E-state index contributed by atoms with van der Waals surface area (Å²) in [5.41, 5.74) is 2.01. The first-order valence-corrected chi connectivity index (χ1v) is 9.43. The molecular formula is C21H24N4O4. The van der Waals surface area contributed by atoms with Gasteiger partial charge in [0.1, 0.15) is 5.75 Å². The summed E-state index contributed by atoms with van der Waals surface area (Å²) in [6, 6.07) is 13.4. The zero-order valence-corrected chi connectivity index (χ0v) is 16.4. The van der Waals surface area contributed by atoms with Gasteiger partial charge in [0.2, 0.25) is 11.8 Å². The molecule has 1 aliphatic heterocycles. The molecule has 1 aliphatic rings. The van der Waals surface area contributed by atoms with Crippen LogP contribution in [0.3, 0.4) is 0 Å². The topological polar surface area (TPSA) is 99.8 Å². The SMILES string of the molecule is CCOc1ccc(N2C[C@H](NC(=O)Nc3ccc(NC(C)=O)cc3)CC2=O)cc1. The highest BCUT2D eigenvalue weighted by Crippen LogP contribution is 2.24. The Hall–Kier alpha value is -3.55. The lowest BCUT2D eigenvalue weighted by atomic mass is 10.2. The van der Waals surface area contributed by atoms with Crippen LogP contribution < -0.4 is 25.6 Å². The summed E-state index contributed by atoms with van der Waals surface area (Å²) in [5.74, 6) is 0.548. The minimum atomic E-state index is -0.386. The predicted molar refractivity (Wildman–Crippen MR) is 111 cm³/mol. The highest BCUT2D eigenvalue weighted by atomic mass is 16.5. The largest absolute Gasteiger partial charge is 0.494 e. The summed E-state index contributed by atoms with van der Waals surface area (Å²) in [6.07, 6.45) is 0.238. The van der Waals surface area contributed by atoms with Gasteiger partial charge in [-0.1, -0.05) is 0 Å². The fraction of sp³-hybridized carbons (Fsp3) is 0.286. The summed E-state index contributed by atoms with van der Waals surface area (Å²) in [6.45, 7) is 4.33. The molecule has 1 fully saturated rings. The summed E-state index contributed by atoms with van der Waals surface area (Å²) in [4.78, 5) is 37.3. The number of nitrogens with one attached hydrogen (secondary N) is 3. The molecule has 0 radical (unpaired) electrons. The average molecular weight is 396 g/mol. The molecule has 2 aromatic rings. The minimum absolute atomic E-state index is 0.0425. The molecule has 8 nitrogen and oxygen atoms in total. The fourth-order valence-corrected chi connectivity index (χ4v) is 3.14. The minimum Gasteiger partial charge on any atom is -0.494 e. The average Bonchev–Trinajstić information content (AvgIpc) is 3.04. The van der Waals surface area contributed by atoms with Crippen molar-refractivity contribution in [3.05, 3.63) is 48.5 Å². The summed E-state index contributed by atoms with van der Waals surface area (Å²) >= 11 is 0. The van der Waals surface area contributed by atoms with Crippen LogP contribution in [0.1, 0.15) is 20.3 Å². The molecule has 1 saturated heterocycles. The Kier molecular flexibility index (Phi) is 6.33. The second-order valence-electron chi connectivity index (χ2n) is 6.69. The molecule has 29 heavy (non-hydrogen) atoms. The molecule has 3 rings (SSSR count). The quantitative estimate of drug-likeness (QED) is 0.699. The highest BCUT2D eigenvalue weighted by molar-refractivity contribution is 5.97. The van der Waals surface area contributed by atoms with Gasteiger partial charge in [-0.05, 0) is 55.5 Å². The van der Waals surface area contributed by atoms with Crippen LogP contribution in [0.5, 0.6) is 5.75 Å². The van der Waals surface area contributed by atoms with Crippen molar-refractivity contribution >= 4 is 34.9 Å².